The maximum atomic E-state index is 13.0. The highest BCUT2D eigenvalue weighted by molar-refractivity contribution is 7.12. The number of unbranched alkanes of at least 4 members (excludes halogenated alkanes) is 2. The average Bonchev–Trinajstić information content (AvgIpc) is 3.39. The molecule has 0 spiro atoms. The molecule has 160 valence electrons. The van der Waals surface area contributed by atoms with E-state index in [0.717, 1.165) is 31.0 Å². The van der Waals surface area contributed by atoms with Gasteiger partial charge in [0.25, 0.3) is 5.91 Å². The van der Waals surface area contributed by atoms with Gasteiger partial charge in [-0.15, -0.1) is 11.3 Å². The lowest BCUT2D eigenvalue weighted by molar-refractivity contribution is -0.137. The normalized spacial score (nSPS) is 11.6. The van der Waals surface area contributed by atoms with Crippen LogP contribution in [0.3, 0.4) is 0 Å². The highest BCUT2D eigenvalue weighted by Gasteiger charge is 2.30. The number of amides is 1. The first-order valence-corrected chi connectivity index (χ1v) is 10.9. The number of hydrogen-bond acceptors (Lipinski definition) is 2. The van der Waals surface area contributed by atoms with Gasteiger partial charge in [-0.1, -0.05) is 38.0 Å². The van der Waals surface area contributed by atoms with Crippen molar-refractivity contribution >= 4 is 17.2 Å². The van der Waals surface area contributed by atoms with Gasteiger partial charge in [0.15, 0.2) is 0 Å². The molecule has 1 amide bonds. The minimum Gasteiger partial charge on any atom is -0.345 e. The molecule has 7 heteroatoms. The van der Waals surface area contributed by atoms with Gasteiger partial charge in [0.2, 0.25) is 0 Å². The van der Waals surface area contributed by atoms with Gasteiger partial charge in [0.1, 0.15) is 0 Å². The number of benzene rings is 1. The minimum atomic E-state index is -4.36. The summed E-state index contributed by atoms with van der Waals surface area (Å²) in [5.74, 6) is -0.00655. The van der Waals surface area contributed by atoms with E-state index in [1.54, 1.807) is 6.07 Å². The van der Waals surface area contributed by atoms with E-state index in [1.807, 2.05) is 45.3 Å². The summed E-state index contributed by atoms with van der Waals surface area (Å²) in [5.41, 5.74) is 0.820. The Bertz CT molecular complexity index is 948. The molecule has 0 saturated carbocycles. The monoisotopic (exact) mass is 434 g/mol. The van der Waals surface area contributed by atoms with E-state index in [1.165, 1.54) is 23.5 Å². The standard InChI is InChI=1S/C23H25F3N2OS/c1-2-3-4-12-28(22(29)21-11-7-14-30-21)17-20-10-6-13-27(20)16-18-8-5-9-19(15-18)23(24,25)26/h5-11,13-15H,2-4,12,16-17H2,1H3. The Hall–Kier alpha value is -2.54. The van der Waals surface area contributed by atoms with Crippen molar-refractivity contribution in [2.24, 2.45) is 0 Å². The van der Waals surface area contributed by atoms with E-state index in [9.17, 15) is 18.0 Å². The smallest absolute Gasteiger partial charge is 0.345 e. The van der Waals surface area contributed by atoms with E-state index in [4.69, 9.17) is 0 Å². The van der Waals surface area contributed by atoms with Crippen LogP contribution in [0.5, 0.6) is 0 Å². The molecule has 3 rings (SSSR count). The molecule has 0 bridgehead atoms. The fourth-order valence-electron chi connectivity index (χ4n) is 3.35. The van der Waals surface area contributed by atoms with Crippen LogP contribution in [0.1, 0.15) is 52.7 Å². The molecule has 0 aliphatic carbocycles. The Morgan fingerprint density at radius 2 is 1.93 bits per heavy atom. The topological polar surface area (TPSA) is 25.2 Å². The second-order valence-electron chi connectivity index (χ2n) is 7.24. The first-order chi connectivity index (χ1) is 14.4. The molecule has 1 aromatic carbocycles. The third-order valence-electron chi connectivity index (χ3n) is 4.93. The quantitative estimate of drug-likeness (QED) is 0.355. The zero-order valence-electron chi connectivity index (χ0n) is 16.9. The molecule has 0 aliphatic rings. The molecular weight excluding hydrogens is 409 g/mol. The van der Waals surface area contributed by atoms with Gasteiger partial charge in [0.05, 0.1) is 17.0 Å². The summed E-state index contributed by atoms with van der Waals surface area (Å²) in [6.07, 6.45) is 0.503. The van der Waals surface area contributed by atoms with Crippen LogP contribution in [0.15, 0.2) is 60.1 Å². The van der Waals surface area contributed by atoms with E-state index < -0.39 is 11.7 Å². The van der Waals surface area contributed by atoms with Crippen molar-refractivity contribution < 1.29 is 18.0 Å². The second kappa shape index (κ2) is 9.98. The number of nitrogens with zero attached hydrogens (tertiary/aromatic N) is 2. The van der Waals surface area contributed by atoms with Gasteiger partial charge in [-0.25, -0.2) is 0 Å². The molecule has 0 unspecified atom stereocenters. The van der Waals surface area contributed by atoms with Crippen molar-refractivity contribution in [1.82, 2.24) is 9.47 Å². The van der Waals surface area contributed by atoms with Crippen LogP contribution in [0.25, 0.3) is 0 Å². The lowest BCUT2D eigenvalue weighted by atomic mass is 10.1. The van der Waals surface area contributed by atoms with Gasteiger partial charge >= 0.3 is 6.18 Å². The molecular formula is C23H25F3N2OS. The number of thiophene rings is 1. The van der Waals surface area contributed by atoms with Crippen molar-refractivity contribution in [2.75, 3.05) is 6.54 Å². The number of halogens is 3. The van der Waals surface area contributed by atoms with Gasteiger partial charge in [-0.2, -0.15) is 13.2 Å². The van der Waals surface area contributed by atoms with Crippen molar-refractivity contribution in [3.8, 4) is 0 Å². The fourth-order valence-corrected chi connectivity index (χ4v) is 4.04. The summed E-state index contributed by atoms with van der Waals surface area (Å²) in [6, 6.07) is 12.8. The Morgan fingerprint density at radius 3 is 2.63 bits per heavy atom. The first kappa shape index (κ1) is 22.2. The van der Waals surface area contributed by atoms with E-state index in [0.29, 0.717) is 30.1 Å². The third kappa shape index (κ3) is 5.75. The molecule has 0 radical (unpaired) electrons. The Balaban J connectivity index is 1.77. The maximum Gasteiger partial charge on any atom is 0.416 e. The van der Waals surface area contributed by atoms with E-state index in [-0.39, 0.29) is 5.91 Å². The Labute approximate surface area is 178 Å². The van der Waals surface area contributed by atoms with Crippen molar-refractivity contribution in [3.63, 3.8) is 0 Å². The maximum absolute atomic E-state index is 13.0. The molecule has 2 heterocycles. The van der Waals surface area contributed by atoms with E-state index in [2.05, 4.69) is 6.92 Å². The number of hydrogen-bond donors (Lipinski definition) is 0. The second-order valence-corrected chi connectivity index (χ2v) is 8.18. The molecule has 2 aromatic heterocycles. The van der Waals surface area contributed by atoms with Crippen LogP contribution >= 0.6 is 11.3 Å². The van der Waals surface area contributed by atoms with Crippen LogP contribution in [0.2, 0.25) is 0 Å². The molecule has 0 saturated heterocycles. The van der Waals surface area contributed by atoms with Gasteiger partial charge in [0, 0.05) is 25.0 Å². The molecule has 0 atom stereocenters. The predicted octanol–water partition coefficient (Wildman–Crippen LogP) is 6.45. The zero-order valence-corrected chi connectivity index (χ0v) is 17.7. The highest BCUT2D eigenvalue weighted by atomic mass is 32.1. The SMILES string of the molecule is CCCCCN(Cc1cccn1Cc1cccc(C(F)(F)F)c1)C(=O)c1cccs1. The van der Waals surface area contributed by atoms with Crippen molar-refractivity contribution in [2.45, 2.75) is 45.5 Å². The average molecular weight is 435 g/mol. The summed E-state index contributed by atoms with van der Waals surface area (Å²) in [7, 11) is 0. The summed E-state index contributed by atoms with van der Waals surface area (Å²) in [6.45, 7) is 3.51. The van der Waals surface area contributed by atoms with Gasteiger partial charge in [-0.3, -0.25) is 4.79 Å². The van der Waals surface area contributed by atoms with Crippen LogP contribution in [0.4, 0.5) is 13.2 Å². The molecule has 0 fully saturated rings. The number of rotatable bonds is 9. The fraction of sp³-hybridized carbons (Fsp3) is 0.348. The zero-order chi connectivity index (χ0) is 21.6. The van der Waals surface area contributed by atoms with Crippen LogP contribution in [-0.4, -0.2) is 21.9 Å². The van der Waals surface area contributed by atoms with Crippen LogP contribution in [-0.2, 0) is 19.3 Å². The third-order valence-corrected chi connectivity index (χ3v) is 5.79. The molecule has 0 N–H and O–H groups in total. The largest absolute Gasteiger partial charge is 0.416 e. The minimum absolute atomic E-state index is 0.00655. The summed E-state index contributed by atoms with van der Waals surface area (Å²) in [5, 5.41) is 1.88. The lowest BCUT2D eigenvalue weighted by Crippen LogP contribution is -2.32. The van der Waals surface area contributed by atoms with Crippen LogP contribution in [0, 0.1) is 0 Å². The van der Waals surface area contributed by atoms with Crippen molar-refractivity contribution in [1.29, 1.82) is 0 Å². The molecule has 3 nitrogen and oxygen atoms in total. The lowest BCUT2D eigenvalue weighted by Gasteiger charge is -2.23. The molecule has 3 aromatic rings. The van der Waals surface area contributed by atoms with E-state index >= 15 is 0 Å². The Kier molecular flexibility index (Phi) is 7.37. The van der Waals surface area contributed by atoms with Crippen LogP contribution < -0.4 is 0 Å². The first-order valence-electron chi connectivity index (χ1n) is 10.0. The van der Waals surface area contributed by atoms with Gasteiger partial charge in [-0.05, 0) is 47.7 Å². The number of aromatic nitrogens is 1. The van der Waals surface area contributed by atoms with Gasteiger partial charge < -0.3 is 9.47 Å². The number of carbonyl (C=O) groups is 1. The highest BCUT2D eigenvalue weighted by Crippen LogP contribution is 2.29. The summed E-state index contributed by atoms with van der Waals surface area (Å²) < 4.78 is 41.0. The molecule has 0 aliphatic heterocycles. The summed E-state index contributed by atoms with van der Waals surface area (Å²) >= 11 is 1.42. The number of carbonyl (C=O) groups excluding carboxylic acids is 1. The summed E-state index contributed by atoms with van der Waals surface area (Å²) in [4.78, 5) is 15.5. The molecule has 30 heavy (non-hydrogen) atoms. The van der Waals surface area contributed by atoms with Crippen molar-refractivity contribution in [3.05, 3.63) is 81.8 Å². The predicted molar refractivity (Wildman–Crippen MR) is 114 cm³/mol. The Morgan fingerprint density at radius 1 is 1.10 bits per heavy atom. The number of alkyl halides is 3.